The van der Waals surface area contributed by atoms with Gasteiger partial charge in [0.25, 0.3) is 0 Å². The van der Waals surface area contributed by atoms with Crippen LogP contribution < -0.4 is 0 Å². The second-order valence-electron chi connectivity index (χ2n) is 3.57. The van der Waals surface area contributed by atoms with E-state index >= 15 is 0 Å². The van der Waals surface area contributed by atoms with Crippen LogP contribution in [-0.2, 0) is 11.0 Å². The van der Waals surface area contributed by atoms with Gasteiger partial charge in [0, 0.05) is 0 Å². The average Bonchev–Trinajstić information content (AvgIpc) is 2.26. The summed E-state index contributed by atoms with van der Waals surface area (Å²) in [5.41, 5.74) is -2.92. The van der Waals surface area contributed by atoms with Gasteiger partial charge in [0.1, 0.15) is 5.82 Å². The van der Waals surface area contributed by atoms with Gasteiger partial charge < -0.3 is 10.2 Å². The average molecular weight is 288 g/mol. The van der Waals surface area contributed by atoms with Gasteiger partial charge >= 0.3 is 18.1 Å². The molecule has 106 valence electrons. The van der Waals surface area contributed by atoms with E-state index in [1.807, 2.05) is 0 Å². The number of carboxylic acids is 1. The highest BCUT2D eigenvalue weighted by Crippen LogP contribution is 2.36. The van der Waals surface area contributed by atoms with Gasteiger partial charge in [-0.3, -0.25) is 0 Å². The quantitative estimate of drug-likeness (QED) is 0.840. The Morgan fingerprint density at radius 1 is 1.16 bits per heavy atom. The lowest BCUT2D eigenvalue weighted by atomic mass is 10.0. The topological polar surface area (TPSA) is 57.5 Å². The molecule has 1 aromatic rings. The summed E-state index contributed by atoms with van der Waals surface area (Å²) in [5, 5.41) is 17.2. The molecule has 0 amide bonds. The third-order valence-corrected chi connectivity index (χ3v) is 2.24. The zero-order valence-electron chi connectivity index (χ0n) is 8.88. The van der Waals surface area contributed by atoms with Crippen molar-refractivity contribution in [1.29, 1.82) is 0 Å². The van der Waals surface area contributed by atoms with Crippen molar-refractivity contribution in [3.8, 4) is 0 Å². The van der Waals surface area contributed by atoms with Crippen molar-refractivity contribution in [2.24, 2.45) is 0 Å². The van der Waals surface area contributed by atoms with Crippen LogP contribution in [-0.4, -0.2) is 22.1 Å². The number of hydrogen-bond donors (Lipinski definition) is 2. The summed E-state index contributed by atoms with van der Waals surface area (Å²) < 4.78 is 75.7. The van der Waals surface area contributed by atoms with E-state index in [-0.39, 0.29) is 12.1 Å². The molecule has 0 aliphatic rings. The first-order valence-electron chi connectivity index (χ1n) is 4.64. The van der Waals surface area contributed by atoms with Gasteiger partial charge in [0.05, 0.1) is 5.56 Å². The van der Waals surface area contributed by atoms with Crippen molar-refractivity contribution in [3.63, 3.8) is 0 Å². The molecule has 0 saturated heterocycles. The van der Waals surface area contributed by atoms with Gasteiger partial charge in [0.2, 0.25) is 0 Å². The Kier molecular flexibility index (Phi) is 3.80. The minimum atomic E-state index is -5.15. The molecule has 0 bridgehead atoms. The van der Waals surface area contributed by atoms with E-state index < -0.39 is 41.1 Å². The smallest absolute Gasteiger partial charge is 0.419 e. The zero-order valence-corrected chi connectivity index (χ0v) is 8.88. The number of aliphatic hydroxyl groups is 1. The number of rotatable bonds is 3. The van der Waals surface area contributed by atoms with Gasteiger partial charge in [-0.1, -0.05) is 6.07 Å². The van der Waals surface area contributed by atoms with Crippen LogP contribution in [0.25, 0.3) is 0 Å². The summed E-state index contributed by atoms with van der Waals surface area (Å²) >= 11 is 0. The Morgan fingerprint density at radius 2 is 1.68 bits per heavy atom. The van der Waals surface area contributed by atoms with Crippen molar-refractivity contribution < 1.29 is 41.4 Å². The van der Waals surface area contributed by atoms with E-state index in [9.17, 15) is 31.1 Å². The zero-order chi connectivity index (χ0) is 15.0. The SMILES string of the molecule is O=C(O)C(F)(F)C(O)c1ccc(F)c(C(F)(F)F)c1. The van der Waals surface area contributed by atoms with Gasteiger partial charge in [0.15, 0.2) is 6.10 Å². The molecule has 0 radical (unpaired) electrons. The van der Waals surface area contributed by atoms with Crippen LogP contribution in [0.2, 0.25) is 0 Å². The Balaban J connectivity index is 3.27. The van der Waals surface area contributed by atoms with Crippen LogP contribution in [0, 0.1) is 5.82 Å². The monoisotopic (exact) mass is 288 g/mol. The summed E-state index contributed by atoms with van der Waals surface area (Å²) in [6, 6.07) is 0.613. The number of aliphatic hydroxyl groups excluding tert-OH is 1. The molecule has 0 heterocycles. The number of alkyl halides is 5. The fourth-order valence-corrected chi connectivity index (χ4v) is 1.26. The lowest BCUT2D eigenvalue weighted by Crippen LogP contribution is -2.35. The third-order valence-electron chi connectivity index (χ3n) is 2.24. The molecule has 19 heavy (non-hydrogen) atoms. The number of halogens is 6. The second kappa shape index (κ2) is 4.72. The summed E-state index contributed by atoms with van der Waals surface area (Å²) in [6.07, 6.45) is -8.18. The maximum atomic E-state index is 12.9. The van der Waals surface area contributed by atoms with Crippen LogP contribution in [0.1, 0.15) is 17.2 Å². The normalized spacial score (nSPS) is 14.3. The molecule has 2 N–H and O–H groups in total. The summed E-state index contributed by atoms with van der Waals surface area (Å²) in [7, 11) is 0. The van der Waals surface area contributed by atoms with Gasteiger partial charge in [-0.15, -0.1) is 0 Å². The van der Waals surface area contributed by atoms with Gasteiger partial charge in [-0.2, -0.15) is 22.0 Å². The molecule has 1 unspecified atom stereocenters. The number of aliphatic carboxylic acids is 1. The lowest BCUT2D eigenvalue weighted by Gasteiger charge is -2.19. The molecular formula is C10H6F6O3. The van der Waals surface area contributed by atoms with Crippen molar-refractivity contribution in [1.82, 2.24) is 0 Å². The summed E-state index contributed by atoms with van der Waals surface area (Å²) in [6.45, 7) is 0. The molecule has 0 fully saturated rings. The molecule has 0 spiro atoms. The van der Waals surface area contributed by atoms with Gasteiger partial charge in [-0.25, -0.2) is 9.18 Å². The van der Waals surface area contributed by atoms with Crippen molar-refractivity contribution in [2.45, 2.75) is 18.2 Å². The van der Waals surface area contributed by atoms with E-state index in [2.05, 4.69) is 0 Å². The largest absolute Gasteiger partial charge is 0.477 e. The molecule has 1 atom stereocenters. The fourth-order valence-electron chi connectivity index (χ4n) is 1.26. The predicted molar refractivity (Wildman–Crippen MR) is 48.9 cm³/mol. The molecule has 1 aromatic carbocycles. The standard InChI is InChI=1S/C10H6F6O3/c11-6-2-1-4(3-5(6)10(14,15)16)7(17)9(12,13)8(18)19/h1-3,7,17H,(H,18,19). The minimum Gasteiger partial charge on any atom is -0.477 e. The van der Waals surface area contributed by atoms with Crippen LogP contribution in [0.15, 0.2) is 18.2 Å². The Bertz CT molecular complexity index is 497. The molecule has 3 nitrogen and oxygen atoms in total. The number of carboxylic acid groups (broad SMARTS) is 1. The highest BCUT2D eigenvalue weighted by atomic mass is 19.4. The first-order chi connectivity index (χ1) is 8.48. The summed E-state index contributed by atoms with van der Waals surface area (Å²) in [4.78, 5) is 10.2. The highest BCUT2D eigenvalue weighted by molar-refractivity contribution is 5.76. The lowest BCUT2D eigenvalue weighted by molar-refractivity contribution is -0.183. The first kappa shape index (κ1) is 15.3. The Morgan fingerprint density at radius 3 is 2.11 bits per heavy atom. The second-order valence-corrected chi connectivity index (χ2v) is 3.57. The van der Waals surface area contributed by atoms with Crippen LogP contribution in [0.5, 0.6) is 0 Å². The van der Waals surface area contributed by atoms with E-state index in [4.69, 9.17) is 10.2 Å². The summed E-state index contributed by atoms with van der Waals surface area (Å²) in [5.74, 6) is -9.12. The van der Waals surface area contributed by atoms with Crippen LogP contribution in [0.3, 0.4) is 0 Å². The molecule has 0 aliphatic heterocycles. The van der Waals surface area contributed by atoms with E-state index in [0.29, 0.717) is 6.07 Å². The number of hydrogen-bond acceptors (Lipinski definition) is 2. The van der Waals surface area contributed by atoms with Gasteiger partial charge in [-0.05, 0) is 17.7 Å². The Hall–Kier alpha value is -1.77. The van der Waals surface area contributed by atoms with Crippen molar-refractivity contribution >= 4 is 5.97 Å². The molecule has 9 heteroatoms. The maximum absolute atomic E-state index is 12.9. The Labute approximate surface area is 102 Å². The van der Waals surface area contributed by atoms with Crippen LogP contribution in [0.4, 0.5) is 26.3 Å². The third kappa shape index (κ3) is 2.98. The maximum Gasteiger partial charge on any atom is 0.419 e. The van der Waals surface area contributed by atoms with Crippen molar-refractivity contribution in [3.05, 3.63) is 35.1 Å². The van der Waals surface area contributed by atoms with Crippen molar-refractivity contribution in [2.75, 3.05) is 0 Å². The number of carbonyl (C=O) groups is 1. The van der Waals surface area contributed by atoms with E-state index in [1.165, 1.54) is 0 Å². The number of benzene rings is 1. The van der Waals surface area contributed by atoms with Crippen LogP contribution >= 0.6 is 0 Å². The molecule has 0 aromatic heterocycles. The fraction of sp³-hybridized carbons (Fsp3) is 0.300. The minimum absolute atomic E-state index is 0.0587. The molecule has 1 rings (SSSR count). The molecule has 0 saturated carbocycles. The van der Waals surface area contributed by atoms with E-state index in [1.54, 1.807) is 0 Å². The predicted octanol–water partition coefficient (Wildman–Crippen LogP) is 2.60. The van der Waals surface area contributed by atoms with E-state index in [0.717, 1.165) is 0 Å². The highest BCUT2D eigenvalue weighted by Gasteiger charge is 2.48. The first-order valence-corrected chi connectivity index (χ1v) is 4.64. The molecule has 0 aliphatic carbocycles. The molecular weight excluding hydrogens is 282 g/mol.